The molecule has 0 fully saturated rings. The van der Waals surface area contributed by atoms with E-state index in [4.69, 9.17) is 28.5 Å². The molecule has 0 spiro atoms. The van der Waals surface area contributed by atoms with Crippen LogP contribution < -0.4 is 0 Å². The summed E-state index contributed by atoms with van der Waals surface area (Å²) < 4.78 is 25.0. The first-order valence-corrected chi connectivity index (χ1v) is 11.2. The van der Waals surface area contributed by atoms with E-state index in [2.05, 4.69) is 0 Å². The molecule has 0 radical (unpaired) electrons. The number of hydrogen-bond donors (Lipinski definition) is 0. The summed E-state index contributed by atoms with van der Waals surface area (Å²) in [7, 11) is -3.64. The second-order valence-corrected chi connectivity index (χ2v) is 9.70. The summed E-state index contributed by atoms with van der Waals surface area (Å²) in [6.07, 6.45) is 0.595. The number of nitrogens with zero attached hydrogens (tertiary/aromatic N) is 2. The predicted molar refractivity (Wildman–Crippen MR) is 109 cm³/mol. The Bertz CT molecular complexity index is 1060. The number of carbonyl (C=O) groups excluding carboxylic acids is 1. The molecular formula is C20H18Cl2N2O3S. The van der Waals surface area contributed by atoms with Gasteiger partial charge in [-0.15, -0.1) is 0 Å². The quantitative estimate of drug-likeness (QED) is 0.726. The molecule has 0 N–H and O–H groups in total. The maximum Gasteiger partial charge on any atom is 0.238 e. The summed E-state index contributed by atoms with van der Waals surface area (Å²) in [5.41, 5.74) is 2.91. The van der Waals surface area contributed by atoms with Crippen molar-refractivity contribution < 1.29 is 13.2 Å². The van der Waals surface area contributed by atoms with Crippen LogP contribution in [0.1, 0.15) is 35.2 Å². The average Bonchev–Trinajstić information content (AvgIpc) is 2.63. The number of sulfone groups is 1. The fraction of sp³-hybridized carbons (Fsp3) is 0.300. The van der Waals surface area contributed by atoms with Crippen LogP contribution in [0.3, 0.4) is 0 Å². The maximum atomic E-state index is 12.7. The molecule has 3 rings (SSSR count). The molecule has 0 unspecified atom stereocenters. The fourth-order valence-electron chi connectivity index (χ4n) is 3.40. The highest BCUT2D eigenvalue weighted by Gasteiger charge is 2.31. The van der Waals surface area contributed by atoms with Crippen LogP contribution in [0.4, 0.5) is 0 Å². The van der Waals surface area contributed by atoms with Gasteiger partial charge in [-0.1, -0.05) is 35.3 Å². The SMILES string of the molecule is C[C@H]1c2cc(Cl)c(Cl)cc2CCN1C(=O)CS(=O)(=O)Cc1ccc(C#N)cc1. The lowest BCUT2D eigenvalue weighted by atomic mass is 9.93. The zero-order valence-electron chi connectivity index (χ0n) is 15.2. The molecule has 1 aliphatic rings. The van der Waals surface area contributed by atoms with Gasteiger partial charge in [-0.25, -0.2) is 8.42 Å². The third kappa shape index (κ3) is 4.49. The molecule has 28 heavy (non-hydrogen) atoms. The van der Waals surface area contributed by atoms with Crippen molar-refractivity contribution in [2.24, 2.45) is 0 Å². The smallest absolute Gasteiger partial charge is 0.238 e. The van der Waals surface area contributed by atoms with E-state index >= 15 is 0 Å². The number of hydrogen-bond acceptors (Lipinski definition) is 4. The molecule has 146 valence electrons. The van der Waals surface area contributed by atoms with E-state index in [0.717, 1.165) is 11.1 Å². The summed E-state index contributed by atoms with van der Waals surface area (Å²) >= 11 is 12.2. The third-order valence-electron chi connectivity index (χ3n) is 4.86. The number of rotatable bonds is 4. The Morgan fingerprint density at radius 3 is 2.50 bits per heavy atom. The van der Waals surface area contributed by atoms with Gasteiger partial charge in [0.1, 0.15) is 5.75 Å². The number of benzene rings is 2. The lowest BCUT2D eigenvalue weighted by molar-refractivity contribution is -0.130. The van der Waals surface area contributed by atoms with Gasteiger partial charge in [0.05, 0.1) is 33.5 Å². The van der Waals surface area contributed by atoms with Crippen LogP contribution in [-0.2, 0) is 26.8 Å². The minimum Gasteiger partial charge on any atom is -0.335 e. The summed E-state index contributed by atoms with van der Waals surface area (Å²) in [5.74, 6) is -1.24. The number of nitriles is 1. The van der Waals surface area contributed by atoms with Gasteiger partial charge >= 0.3 is 0 Å². The zero-order chi connectivity index (χ0) is 20.5. The molecule has 2 aromatic carbocycles. The first-order chi connectivity index (χ1) is 13.2. The molecule has 1 amide bonds. The average molecular weight is 437 g/mol. The standard InChI is InChI=1S/C20H18Cl2N2O3S/c1-13-17-9-19(22)18(21)8-16(17)6-7-24(13)20(25)12-28(26,27)11-15-4-2-14(10-23)3-5-15/h2-5,8-9,13H,6-7,11-12H2,1H3/t13-/m0/s1. The van der Waals surface area contributed by atoms with Gasteiger partial charge in [0.25, 0.3) is 0 Å². The third-order valence-corrected chi connectivity index (χ3v) is 7.04. The molecule has 5 nitrogen and oxygen atoms in total. The highest BCUT2D eigenvalue weighted by atomic mass is 35.5. The van der Waals surface area contributed by atoms with Crippen molar-refractivity contribution >= 4 is 38.9 Å². The van der Waals surface area contributed by atoms with Crippen molar-refractivity contribution in [2.75, 3.05) is 12.3 Å². The van der Waals surface area contributed by atoms with Gasteiger partial charge < -0.3 is 4.90 Å². The molecule has 0 aliphatic carbocycles. The van der Waals surface area contributed by atoms with Gasteiger partial charge in [0, 0.05) is 6.54 Å². The topological polar surface area (TPSA) is 78.2 Å². The van der Waals surface area contributed by atoms with Crippen molar-refractivity contribution in [1.29, 1.82) is 5.26 Å². The van der Waals surface area contributed by atoms with Crippen LogP contribution in [0.25, 0.3) is 0 Å². The Hall–Kier alpha value is -2.07. The molecule has 2 aromatic rings. The van der Waals surface area contributed by atoms with Crippen LogP contribution in [0.5, 0.6) is 0 Å². The molecule has 8 heteroatoms. The summed E-state index contributed by atoms with van der Waals surface area (Å²) in [4.78, 5) is 14.3. The van der Waals surface area contributed by atoms with Crippen LogP contribution in [0, 0.1) is 11.3 Å². The highest BCUT2D eigenvalue weighted by Crippen LogP contribution is 2.35. The predicted octanol–water partition coefficient (Wildman–Crippen LogP) is 3.93. The first kappa shape index (κ1) is 20.7. The second-order valence-electron chi connectivity index (χ2n) is 6.82. The fourth-order valence-corrected chi connectivity index (χ4v) is 5.11. The van der Waals surface area contributed by atoms with E-state index < -0.39 is 21.5 Å². The molecule has 1 aliphatic heterocycles. The largest absolute Gasteiger partial charge is 0.335 e. The van der Waals surface area contributed by atoms with E-state index in [1.807, 2.05) is 13.0 Å². The number of halogens is 2. The lowest BCUT2D eigenvalue weighted by Gasteiger charge is -2.35. The van der Waals surface area contributed by atoms with Crippen LogP contribution in [-0.4, -0.2) is 31.5 Å². The van der Waals surface area contributed by atoms with Gasteiger partial charge in [-0.2, -0.15) is 5.26 Å². The summed E-state index contributed by atoms with van der Waals surface area (Å²) in [5, 5.41) is 9.70. The Morgan fingerprint density at radius 2 is 1.86 bits per heavy atom. The van der Waals surface area contributed by atoms with Crippen molar-refractivity contribution in [3.63, 3.8) is 0 Å². The van der Waals surface area contributed by atoms with Gasteiger partial charge in [-0.05, 0) is 54.3 Å². The van der Waals surface area contributed by atoms with E-state index in [0.29, 0.717) is 34.1 Å². The first-order valence-electron chi connectivity index (χ1n) is 8.67. The van der Waals surface area contributed by atoms with E-state index in [1.165, 1.54) is 0 Å². The monoisotopic (exact) mass is 436 g/mol. The van der Waals surface area contributed by atoms with Crippen LogP contribution >= 0.6 is 23.2 Å². The van der Waals surface area contributed by atoms with Gasteiger partial charge in [0.15, 0.2) is 9.84 Å². The Labute approximate surface area is 174 Å². The van der Waals surface area contributed by atoms with E-state index in [1.54, 1.807) is 41.3 Å². The molecule has 0 saturated heterocycles. The highest BCUT2D eigenvalue weighted by molar-refractivity contribution is 7.91. The zero-order valence-corrected chi connectivity index (χ0v) is 17.5. The van der Waals surface area contributed by atoms with Gasteiger partial charge in [-0.3, -0.25) is 4.79 Å². The number of carbonyl (C=O) groups is 1. The molecule has 0 bridgehead atoms. The van der Waals surface area contributed by atoms with Gasteiger partial charge in [0.2, 0.25) is 5.91 Å². The lowest BCUT2D eigenvalue weighted by Crippen LogP contribution is -2.42. The summed E-state index contributed by atoms with van der Waals surface area (Å²) in [6, 6.07) is 11.6. The Balaban J connectivity index is 1.73. The second kappa shape index (κ2) is 8.12. The molecular weight excluding hydrogens is 419 g/mol. The minimum atomic E-state index is -3.64. The molecule has 0 saturated carbocycles. The Morgan fingerprint density at radius 1 is 1.21 bits per heavy atom. The molecule has 1 heterocycles. The normalized spacial score (nSPS) is 16.4. The Kier molecular flexibility index (Phi) is 5.99. The van der Waals surface area contributed by atoms with Crippen LogP contribution in [0.15, 0.2) is 36.4 Å². The minimum absolute atomic E-state index is 0.245. The van der Waals surface area contributed by atoms with Crippen molar-refractivity contribution in [2.45, 2.75) is 25.1 Å². The summed E-state index contributed by atoms with van der Waals surface area (Å²) in [6.45, 7) is 2.28. The molecule has 1 atom stereocenters. The van der Waals surface area contributed by atoms with Crippen molar-refractivity contribution in [3.05, 3.63) is 68.7 Å². The number of amides is 1. The number of fused-ring (bicyclic) bond motifs is 1. The van der Waals surface area contributed by atoms with E-state index in [-0.39, 0.29) is 11.8 Å². The van der Waals surface area contributed by atoms with E-state index in [9.17, 15) is 13.2 Å². The van der Waals surface area contributed by atoms with Crippen LogP contribution in [0.2, 0.25) is 10.0 Å². The van der Waals surface area contributed by atoms with Crippen molar-refractivity contribution in [1.82, 2.24) is 4.90 Å². The van der Waals surface area contributed by atoms with Crippen molar-refractivity contribution in [3.8, 4) is 6.07 Å². The molecule has 0 aromatic heterocycles. The maximum absolute atomic E-state index is 12.7.